The van der Waals surface area contributed by atoms with Crippen LogP contribution in [0, 0.1) is 6.92 Å². The number of tetrazole rings is 1. The van der Waals surface area contributed by atoms with Crippen LogP contribution in [0.1, 0.15) is 51.8 Å². The summed E-state index contributed by atoms with van der Waals surface area (Å²) in [7, 11) is 0. The number of hydrogen-bond acceptors (Lipinski definition) is 6. The molecular weight excluding hydrogens is 430 g/mol. The lowest BCUT2D eigenvalue weighted by Gasteiger charge is -2.09. The van der Waals surface area contributed by atoms with Crippen molar-refractivity contribution in [1.29, 1.82) is 0 Å². The van der Waals surface area contributed by atoms with E-state index in [2.05, 4.69) is 49.9 Å². The number of aromatic amines is 1. The Bertz CT molecular complexity index is 1520. The minimum absolute atomic E-state index is 0.0434. The van der Waals surface area contributed by atoms with Crippen LogP contribution in [0.2, 0.25) is 0 Å². The van der Waals surface area contributed by atoms with Crippen molar-refractivity contribution >= 4 is 11.6 Å². The number of rotatable bonds is 6. The molecule has 5 aromatic rings. The molecule has 0 amide bonds. The molecule has 1 aliphatic carbocycles. The average Bonchev–Trinajstić information content (AvgIpc) is 3.41. The molecule has 0 saturated heterocycles. The Labute approximate surface area is 194 Å². The third kappa shape index (κ3) is 3.51. The highest BCUT2D eigenvalue weighted by molar-refractivity contribution is 5.86. The topological polar surface area (TPSA) is 122 Å². The van der Waals surface area contributed by atoms with Crippen molar-refractivity contribution < 1.29 is 9.90 Å². The van der Waals surface area contributed by atoms with Gasteiger partial charge in [-0.15, -0.1) is 10.2 Å². The molecule has 2 aromatic carbocycles. The smallest absolute Gasteiger partial charge is 0.354 e. The fourth-order valence-corrected chi connectivity index (χ4v) is 4.40. The van der Waals surface area contributed by atoms with E-state index in [9.17, 15) is 9.90 Å². The van der Waals surface area contributed by atoms with Gasteiger partial charge in [0.25, 0.3) is 0 Å². The number of carboxylic acids is 1. The number of nitrogens with one attached hydrogen (secondary N) is 1. The lowest BCUT2D eigenvalue weighted by molar-refractivity contribution is 0.0690. The first kappa shape index (κ1) is 20.2. The Balaban J connectivity index is 1.38. The van der Waals surface area contributed by atoms with E-state index in [-0.39, 0.29) is 5.69 Å². The van der Waals surface area contributed by atoms with Gasteiger partial charge in [-0.1, -0.05) is 48.5 Å². The number of hydrogen-bond donors (Lipinski definition) is 2. The second-order valence-corrected chi connectivity index (χ2v) is 8.62. The van der Waals surface area contributed by atoms with Crippen LogP contribution in [0.4, 0.5) is 0 Å². The molecule has 168 valence electrons. The summed E-state index contributed by atoms with van der Waals surface area (Å²) in [5, 5.41) is 28.7. The predicted molar refractivity (Wildman–Crippen MR) is 125 cm³/mol. The molecule has 3 heterocycles. The molecule has 2 N–H and O–H groups in total. The minimum Gasteiger partial charge on any atom is -0.477 e. The largest absolute Gasteiger partial charge is 0.477 e. The normalized spacial score (nSPS) is 13.4. The maximum absolute atomic E-state index is 11.6. The van der Waals surface area contributed by atoms with Gasteiger partial charge in [-0.25, -0.2) is 14.3 Å². The molecular formula is C25H21N7O2. The molecule has 3 aromatic heterocycles. The average molecular weight is 451 g/mol. The molecule has 0 bridgehead atoms. The number of aromatic nitrogens is 7. The van der Waals surface area contributed by atoms with E-state index in [1.165, 1.54) is 0 Å². The van der Waals surface area contributed by atoms with Gasteiger partial charge in [-0.05, 0) is 47.7 Å². The first-order valence-corrected chi connectivity index (χ1v) is 11.1. The van der Waals surface area contributed by atoms with Crippen LogP contribution in [0.3, 0.4) is 0 Å². The molecule has 9 heteroatoms. The highest BCUT2D eigenvalue weighted by Gasteiger charge is 2.31. The molecule has 34 heavy (non-hydrogen) atoms. The van der Waals surface area contributed by atoms with E-state index in [1.54, 1.807) is 10.6 Å². The third-order valence-corrected chi connectivity index (χ3v) is 6.24. The molecule has 1 fully saturated rings. The monoisotopic (exact) mass is 451 g/mol. The van der Waals surface area contributed by atoms with Gasteiger partial charge >= 0.3 is 5.97 Å². The highest BCUT2D eigenvalue weighted by atomic mass is 16.4. The number of benzene rings is 2. The molecule has 1 aliphatic rings. The van der Waals surface area contributed by atoms with Crippen LogP contribution in [0.5, 0.6) is 0 Å². The fourth-order valence-electron chi connectivity index (χ4n) is 4.40. The predicted octanol–water partition coefficient (Wildman–Crippen LogP) is 4.05. The summed E-state index contributed by atoms with van der Waals surface area (Å²) in [6, 6.07) is 17.9. The molecule has 0 unspecified atom stereocenters. The van der Waals surface area contributed by atoms with E-state index in [0.717, 1.165) is 52.0 Å². The second kappa shape index (κ2) is 7.87. The summed E-state index contributed by atoms with van der Waals surface area (Å²) in [5.41, 5.74) is 7.57. The van der Waals surface area contributed by atoms with Crippen molar-refractivity contribution in [3.8, 4) is 22.5 Å². The summed E-state index contributed by atoms with van der Waals surface area (Å²) in [5.74, 6) is -0.0587. The second-order valence-electron chi connectivity index (χ2n) is 8.62. The van der Waals surface area contributed by atoms with Crippen LogP contribution in [-0.2, 0) is 6.42 Å². The number of carbonyl (C=O) groups is 1. The summed E-state index contributed by atoms with van der Waals surface area (Å²) in [6.45, 7) is 1.87. The zero-order chi connectivity index (χ0) is 23.2. The zero-order valence-corrected chi connectivity index (χ0v) is 18.4. The van der Waals surface area contributed by atoms with E-state index in [0.29, 0.717) is 23.8 Å². The van der Waals surface area contributed by atoms with E-state index in [1.807, 2.05) is 31.2 Å². The number of H-pyrrole nitrogens is 1. The first-order valence-electron chi connectivity index (χ1n) is 11.1. The van der Waals surface area contributed by atoms with E-state index < -0.39 is 5.97 Å². The first-order chi connectivity index (χ1) is 16.6. The fraction of sp³-hybridized carbons (Fsp3) is 0.200. The Kier molecular flexibility index (Phi) is 4.68. The molecule has 0 spiro atoms. The Hall–Kier alpha value is -4.40. The number of carboxylic acid groups (broad SMARTS) is 1. The van der Waals surface area contributed by atoms with Crippen LogP contribution in [-0.4, -0.2) is 46.3 Å². The van der Waals surface area contributed by atoms with Gasteiger partial charge in [-0.3, -0.25) is 0 Å². The SMILES string of the molecule is Cc1cc(C(=O)O)nc2c(Cc3ccc(-c4ccccc4-c4nn[nH]n4)cc3)c(C3CC3)nn12. The lowest BCUT2D eigenvalue weighted by Crippen LogP contribution is -2.06. The zero-order valence-electron chi connectivity index (χ0n) is 18.4. The van der Waals surface area contributed by atoms with Crippen LogP contribution < -0.4 is 0 Å². The summed E-state index contributed by atoms with van der Waals surface area (Å²) in [6.07, 6.45) is 2.85. The molecule has 6 rings (SSSR count). The van der Waals surface area contributed by atoms with Gasteiger partial charge in [0.2, 0.25) is 5.82 Å². The third-order valence-electron chi connectivity index (χ3n) is 6.24. The van der Waals surface area contributed by atoms with Gasteiger partial charge < -0.3 is 5.11 Å². The van der Waals surface area contributed by atoms with Crippen LogP contribution >= 0.6 is 0 Å². The molecule has 9 nitrogen and oxygen atoms in total. The van der Waals surface area contributed by atoms with E-state index >= 15 is 0 Å². The van der Waals surface area contributed by atoms with Gasteiger partial charge in [0.15, 0.2) is 11.3 Å². The van der Waals surface area contributed by atoms with Gasteiger partial charge in [0.05, 0.1) is 5.69 Å². The molecule has 0 aliphatic heterocycles. The van der Waals surface area contributed by atoms with Gasteiger partial charge in [0, 0.05) is 29.2 Å². The Morgan fingerprint density at radius 1 is 1.12 bits per heavy atom. The van der Waals surface area contributed by atoms with Crippen molar-refractivity contribution in [2.24, 2.45) is 0 Å². The summed E-state index contributed by atoms with van der Waals surface area (Å²) in [4.78, 5) is 16.0. The Morgan fingerprint density at radius 2 is 1.88 bits per heavy atom. The maximum atomic E-state index is 11.6. The lowest BCUT2D eigenvalue weighted by atomic mass is 9.96. The highest BCUT2D eigenvalue weighted by Crippen LogP contribution is 2.42. The van der Waals surface area contributed by atoms with Crippen molar-refractivity contribution in [1.82, 2.24) is 35.2 Å². The van der Waals surface area contributed by atoms with Gasteiger partial charge in [0.1, 0.15) is 0 Å². The number of aryl methyl sites for hydroxylation is 1. The van der Waals surface area contributed by atoms with Crippen molar-refractivity contribution in [3.63, 3.8) is 0 Å². The number of fused-ring (bicyclic) bond motifs is 1. The standard InChI is InChI=1S/C25H21N7O2/c1-14-12-21(25(33)34)26-24-20(22(17-10-11-17)29-32(14)24)13-15-6-8-16(9-7-15)18-4-2-3-5-19(18)23-27-30-31-28-23/h2-9,12,17H,10-11,13H2,1H3,(H,33,34)(H,27,28,30,31). The van der Waals surface area contributed by atoms with Crippen molar-refractivity contribution in [2.45, 2.75) is 32.1 Å². The molecule has 0 atom stereocenters. The number of aromatic carboxylic acids is 1. The molecule has 1 saturated carbocycles. The Morgan fingerprint density at radius 3 is 2.56 bits per heavy atom. The summed E-state index contributed by atoms with van der Waals surface area (Å²) >= 11 is 0. The summed E-state index contributed by atoms with van der Waals surface area (Å²) < 4.78 is 1.78. The van der Waals surface area contributed by atoms with E-state index in [4.69, 9.17) is 5.10 Å². The van der Waals surface area contributed by atoms with Crippen molar-refractivity contribution in [2.75, 3.05) is 0 Å². The van der Waals surface area contributed by atoms with Crippen LogP contribution in [0.25, 0.3) is 28.2 Å². The quantitative estimate of drug-likeness (QED) is 0.399. The maximum Gasteiger partial charge on any atom is 0.354 e. The van der Waals surface area contributed by atoms with Gasteiger partial charge in [-0.2, -0.15) is 10.3 Å². The molecule has 0 radical (unpaired) electrons. The van der Waals surface area contributed by atoms with Crippen LogP contribution in [0.15, 0.2) is 54.6 Å². The number of nitrogens with zero attached hydrogens (tertiary/aromatic N) is 6. The van der Waals surface area contributed by atoms with Crippen molar-refractivity contribution in [3.05, 3.63) is 82.8 Å². The minimum atomic E-state index is -1.03.